The summed E-state index contributed by atoms with van der Waals surface area (Å²) in [6.07, 6.45) is -0.662. The molecule has 0 aromatic rings. The van der Waals surface area contributed by atoms with Gasteiger partial charge in [0.05, 0.1) is 20.0 Å². The van der Waals surface area contributed by atoms with Crippen molar-refractivity contribution in [2.45, 2.75) is 69.4 Å². The quantitative estimate of drug-likeness (QED) is 0.132. The molecule has 0 aromatic carbocycles. The van der Waals surface area contributed by atoms with Crippen molar-refractivity contribution >= 4 is 56.2 Å². The number of aliphatic hydroxyl groups excluding tert-OH is 5. The molecule has 0 bridgehead atoms. The molecule has 5 N–H and O–H groups in total. The van der Waals surface area contributed by atoms with Gasteiger partial charge in [-0.1, -0.05) is 32.1 Å². The van der Waals surface area contributed by atoms with E-state index in [1.807, 2.05) is 0 Å². The molecule has 0 saturated heterocycles. The van der Waals surface area contributed by atoms with Gasteiger partial charge >= 0.3 is 48.9 Å². The Labute approximate surface area is 177 Å². The average Bonchev–Trinajstić information content (AvgIpc) is 2.49. The van der Waals surface area contributed by atoms with Gasteiger partial charge in [0.1, 0.15) is 18.3 Å². The van der Waals surface area contributed by atoms with E-state index in [0.29, 0.717) is 6.42 Å². The summed E-state index contributed by atoms with van der Waals surface area (Å²) >= 11 is 0. The molecule has 8 nitrogen and oxygen atoms in total. The number of unbranched alkanes of at least 4 members (excludes halogenated alkanes) is 5. The second-order valence-electron chi connectivity index (χ2n) is 5.37. The minimum absolute atomic E-state index is 0. The van der Waals surface area contributed by atoms with E-state index >= 15 is 0 Å². The summed E-state index contributed by atoms with van der Waals surface area (Å²) < 4.78 is 4.07. The van der Waals surface area contributed by atoms with E-state index in [0.717, 1.165) is 32.1 Å². The van der Waals surface area contributed by atoms with Crippen molar-refractivity contribution in [3.05, 3.63) is 0 Å². The fourth-order valence-corrected chi connectivity index (χ4v) is 2.07. The van der Waals surface area contributed by atoms with E-state index < -0.39 is 38.3 Å². The average molecular weight is 459 g/mol. The fourth-order valence-electron chi connectivity index (χ4n) is 2.07. The van der Waals surface area contributed by atoms with Crippen LogP contribution in [0.4, 0.5) is 0 Å². The molecule has 132 valence electrons. The molecule has 0 heterocycles. The van der Waals surface area contributed by atoms with E-state index in [2.05, 4.69) is 4.65 Å². The molecule has 0 amide bonds. The molecular formula is C13H27BBaO8. The molecule has 0 radical (unpaired) electrons. The summed E-state index contributed by atoms with van der Waals surface area (Å²) in [5, 5.41) is 67.3. The smallest absolute Gasteiger partial charge is 0.871 e. The molecule has 4 unspecified atom stereocenters. The Balaban J connectivity index is 0. The van der Waals surface area contributed by atoms with Crippen LogP contribution in [0.5, 0.6) is 0 Å². The number of hydrogen-bond donors (Lipinski definition) is 5. The van der Waals surface area contributed by atoms with Crippen molar-refractivity contribution in [2.24, 2.45) is 0 Å². The molecule has 0 aliphatic heterocycles. The van der Waals surface area contributed by atoms with Crippen molar-refractivity contribution in [1.82, 2.24) is 0 Å². The van der Waals surface area contributed by atoms with Gasteiger partial charge in [0.2, 0.25) is 0 Å². The molecule has 0 aromatic heterocycles. The predicted molar refractivity (Wildman–Crippen MR) is 80.9 cm³/mol. The van der Waals surface area contributed by atoms with Crippen LogP contribution >= 0.6 is 0 Å². The maximum atomic E-state index is 10.1. The number of rotatable bonds is 14. The van der Waals surface area contributed by atoms with Gasteiger partial charge in [-0.3, -0.25) is 0 Å². The van der Waals surface area contributed by atoms with E-state index in [9.17, 15) is 30.5 Å². The SMILES string of the molecule is [Ba+2].[O-]B([O-])OCC(O)C(O)C(O)C(O)CCCCCCCCO. The van der Waals surface area contributed by atoms with Gasteiger partial charge in [-0.2, -0.15) is 0 Å². The number of hydrogen-bond acceptors (Lipinski definition) is 8. The Hall–Kier alpha value is 1.32. The Morgan fingerprint density at radius 1 is 0.783 bits per heavy atom. The van der Waals surface area contributed by atoms with Crippen molar-refractivity contribution < 1.29 is 40.2 Å². The first-order chi connectivity index (χ1) is 10.4. The molecule has 23 heavy (non-hydrogen) atoms. The van der Waals surface area contributed by atoms with Crippen molar-refractivity contribution in [2.75, 3.05) is 13.2 Å². The normalized spacial score (nSPS) is 16.3. The topological polar surface area (TPSA) is 156 Å². The Morgan fingerprint density at radius 2 is 1.26 bits per heavy atom. The van der Waals surface area contributed by atoms with E-state index in [1.54, 1.807) is 0 Å². The molecule has 0 spiro atoms. The van der Waals surface area contributed by atoms with E-state index in [1.165, 1.54) is 0 Å². The Kier molecular flexibility index (Phi) is 19.4. The van der Waals surface area contributed by atoms with Crippen LogP contribution in [0.1, 0.15) is 44.9 Å². The van der Waals surface area contributed by atoms with Gasteiger partial charge in [0.15, 0.2) is 0 Å². The maximum absolute atomic E-state index is 10.1. The van der Waals surface area contributed by atoms with Crippen LogP contribution in [0.2, 0.25) is 0 Å². The van der Waals surface area contributed by atoms with Gasteiger partial charge in [0.25, 0.3) is 0 Å². The van der Waals surface area contributed by atoms with E-state index in [4.69, 9.17) is 5.11 Å². The zero-order valence-electron chi connectivity index (χ0n) is 13.4. The van der Waals surface area contributed by atoms with Gasteiger partial charge in [-0.05, 0) is 12.8 Å². The summed E-state index contributed by atoms with van der Waals surface area (Å²) in [7, 11) is -2.57. The third-order valence-corrected chi connectivity index (χ3v) is 3.45. The number of aliphatic hydroxyl groups is 5. The fraction of sp³-hybridized carbons (Fsp3) is 1.00. The summed E-state index contributed by atoms with van der Waals surface area (Å²) in [5.74, 6) is 0. The molecule has 0 fully saturated rings. The second kappa shape index (κ2) is 16.8. The summed E-state index contributed by atoms with van der Waals surface area (Å²) in [5.41, 5.74) is 0. The first kappa shape index (κ1) is 26.5. The van der Waals surface area contributed by atoms with Crippen LogP contribution in [0.15, 0.2) is 0 Å². The summed E-state index contributed by atoms with van der Waals surface area (Å²) in [6, 6.07) is 0. The summed E-state index contributed by atoms with van der Waals surface area (Å²) in [4.78, 5) is 0. The maximum Gasteiger partial charge on any atom is 2.00 e. The van der Waals surface area contributed by atoms with Gasteiger partial charge in [0, 0.05) is 6.61 Å². The minimum atomic E-state index is -2.57. The molecule has 0 saturated carbocycles. The van der Waals surface area contributed by atoms with Crippen molar-refractivity contribution in [3.63, 3.8) is 0 Å². The molecule has 4 atom stereocenters. The zero-order valence-corrected chi connectivity index (χ0v) is 17.9. The molecule has 0 aliphatic carbocycles. The molecule has 0 aliphatic rings. The summed E-state index contributed by atoms with van der Waals surface area (Å²) in [6.45, 7) is -0.512. The Morgan fingerprint density at radius 3 is 1.78 bits per heavy atom. The van der Waals surface area contributed by atoms with Crippen LogP contribution in [-0.4, -0.2) is 119 Å². The zero-order chi connectivity index (χ0) is 17.0. The third kappa shape index (κ3) is 14.2. The molecule has 0 rings (SSSR count). The molecule has 10 heteroatoms. The van der Waals surface area contributed by atoms with Gasteiger partial charge in [-0.25, -0.2) is 0 Å². The second-order valence-corrected chi connectivity index (χ2v) is 5.37. The van der Waals surface area contributed by atoms with Gasteiger partial charge in [-0.15, -0.1) is 0 Å². The van der Waals surface area contributed by atoms with Crippen LogP contribution in [0.25, 0.3) is 0 Å². The molecular weight excluding hydrogens is 432 g/mol. The largest absolute Gasteiger partial charge is 2.00 e. The monoisotopic (exact) mass is 460 g/mol. The predicted octanol–water partition coefficient (Wildman–Crippen LogP) is -3.51. The first-order valence-electron chi connectivity index (χ1n) is 7.66. The van der Waals surface area contributed by atoms with Crippen molar-refractivity contribution in [1.29, 1.82) is 0 Å². The standard InChI is InChI=1S/C13H27BO8.Ba/c15-8-6-4-2-1-3-5-7-10(16)12(18)13(19)11(17)9-22-14(20)21;/h10-13,15-19H,1-9H2;/q-2;+2. The third-order valence-electron chi connectivity index (χ3n) is 3.45. The van der Waals surface area contributed by atoms with Crippen LogP contribution < -0.4 is 10.0 Å². The van der Waals surface area contributed by atoms with Gasteiger partial charge < -0.3 is 40.2 Å². The van der Waals surface area contributed by atoms with Crippen LogP contribution in [0, 0.1) is 0 Å². The first-order valence-corrected chi connectivity index (χ1v) is 7.66. The van der Waals surface area contributed by atoms with E-state index in [-0.39, 0.29) is 61.9 Å². The van der Waals surface area contributed by atoms with Crippen LogP contribution in [0.3, 0.4) is 0 Å². The minimum Gasteiger partial charge on any atom is -0.871 e. The Bertz CT molecular complexity index is 262. The van der Waals surface area contributed by atoms with Crippen molar-refractivity contribution in [3.8, 4) is 0 Å². The van der Waals surface area contributed by atoms with Crippen LogP contribution in [-0.2, 0) is 4.65 Å².